The lowest BCUT2D eigenvalue weighted by molar-refractivity contribution is -0.132. The second-order valence-electron chi connectivity index (χ2n) is 5.76. The van der Waals surface area contributed by atoms with Gasteiger partial charge in [-0.25, -0.2) is 4.79 Å². The van der Waals surface area contributed by atoms with E-state index in [9.17, 15) is 9.90 Å². The summed E-state index contributed by atoms with van der Waals surface area (Å²) in [5.41, 5.74) is 1.43. The Morgan fingerprint density at radius 1 is 1.29 bits per heavy atom. The third kappa shape index (κ3) is 2.47. The molecule has 4 atom stereocenters. The van der Waals surface area contributed by atoms with Crippen molar-refractivity contribution in [3.8, 4) is 0 Å². The second kappa shape index (κ2) is 5.37. The van der Waals surface area contributed by atoms with Crippen LogP contribution < -0.4 is 5.32 Å². The van der Waals surface area contributed by atoms with Gasteiger partial charge in [-0.05, 0) is 36.5 Å². The number of hydrogen-bond donors (Lipinski definition) is 3. The average Bonchev–Trinajstić information content (AvgIpc) is 2.68. The van der Waals surface area contributed by atoms with Crippen LogP contribution >= 0.6 is 0 Å². The molecule has 0 spiro atoms. The van der Waals surface area contributed by atoms with Gasteiger partial charge in [0.2, 0.25) is 0 Å². The Balaban J connectivity index is 2.01. The highest BCUT2D eigenvalue weighted by Gasteiger charge is 2.40. The topological polar surface area (TPSA) is 69.6 Å². The number of aliphatic hydroxyl groups excluding tert-OH is 1. The van der Waals surface area contributed by atoms with Crippen LogP contribution in [0.3, 0.4) is 0 Å². The van der Waals surface area contributed by atoms with E-state index in [4.69, 9.17) is 5.11 Å². The van der Waals surface area contributed by atoms with Gasteiger partial charge in [-0.2, -0.15) is 0 Å². The van der Waals surface area contributed by atoms with E-state index in [2.05, 4.69) is 24.0 Å². The van der Waals surface area contributed by atoms with Crippen LogP contribution in [0.25, 0.3) is 0 Å². The van der Waals surface area contributed by atoms with Crippen LogP contribution in [0.4, 0.5) is 0 Å². The molecule has 0 aromatic carbocycles. The first-order valence-electron chi connectivity index (χ1n) is 7.21. The molecule has 4 heteroatoms. The monoisotopic (exact) mass is 285 g/mol. The molecule has 2 aliphatic carbocycles. The summed E-state index contributed by atoms with van der Waals surface area (Å²) in [6.07, 6.45) is 13.4. The number of aliphatic hydroxyl groups is 1. The molecule has 1 fully saturated rings. The molecule has 1 saturated heterocycles. The lowest BCUT2D eigenvalue weighted by atomic mass is 9.69. The largest absolute Gasteiger partial charge is 0.511 e. The molecule has 4 unspecified atom stereocenters. The van der Waals surface area contributed by atoms with Crippen molar-refractivity contribution in [1.82, 2.24) is 5.32 Å². The van der Waals surface area contributed by atoms with Crippen molar-refractivity contribution in [2.75, 3.05) is 0 Å². The molecule has 0 aromatic rings. The first-order chi connectivity index (χ1) is 10.1. The lowest BCUT2D eigenvalue weighted by Crippen LogP contribution is -2.53. The highest BCUT2D eigenvalue weighted by atomic mass is 16.4. The van der Waals surface area contributed by atoms with Crippen LogP contribution in [0.2, 0.25) is 0 Å². The maximum Gasteiger partial charge on any atom is 0.335 e. The maximum atomic E-state index is 11.1. The number of hydrogen-bond acceptors (Lipinski definition) is 3. The molecule has 3 aliphatic rings. The first kappa shape index (κ1) is 13.9. The zero-order valence-corrected chi connectivity index (χ0v) is 11.7. The molecule has 4 nitrogen and oxygen atoms in total. The van der Waals surface area contributed by atoms with Gasteiger partial charge in [-0.15, -0.1) is 0 Å². The molecule has 3 rings (SSSR count). The Morgan fingerprint density at radius 2 is 2.10 bits per heavy atom. The number of aliphatic carboxylic acids is 1. The fraction of sp³-hybridized carbons (Fsp3) is 0.353. The van der Waals surface area contributed by atoms with Crippen molar-refractivity contribution >= 4 is 5.97 Å². The molecule has 0 bridgehead atoms. The smallest absolute Gasteiger partial charge is 0.335 e. The van der Waals surface area contributed by atoms with Gasteiger partial charge in [-0.1, -0.05) is 30.9 Å². The summed E-state index contributed by atoms with van der Waals surface area (Å²) < 4.78 is 0. The van der Waals surface area contributed by atoms with Crippen LogP contribution in [0.15, 0.2) is 59.9 Å². The van der Waals surface area contributed by atoms with E-state index >= 15 is 0 Å². The molecule has 0 saturated carbocycles. The Hall–Kier alpha value is -2.07. The molecule has 21 heavy (non-hydrogen) atoms. The van der Waals surface area contributed by atoms with Crippen LogP contribution in [0.1, 0.15) is 12.8 Å². The number of carboxylic acids is 1. The lowest BCUT2D eigenvalue weighted by Gasteiger charge is -2.44. The van der Waals surface area contributed by atoms with Gasteiger partial charge in [0.15, 0.2) is 0 Å². The summed E-state index contributed by atoms with van der Waals surface area (Å²) in [5, 5.41) is 22.4. The Morgan fingerprint density at radius 3 is 2.81 bits per heavy atom. The van der Waals surface area contributed by atoms with E-state index in [1.165, 1.54) is 0 Å². The Bertz CT molecular complexity index is 597. The van der Waals surface area contributed by atoms with Gasteiger partial charge in [-0.3, -0.25) is 5.32 Å². The minimum Gasteiger partial charge on any atom is -0.511 e. The number of fused-ring (bicyclic) bond motifs is 3. The van der Waals surface area contributed by atoms with E-state index in [0.29, 0.717) is 0 Å². The quantitative estimate of drug-likeness (QED) is 0.538. The molecule has 3 N–H and O–H groups in total. The normalized spacial score (nSPS) is 34.1. The van der Waals surface area contributed by atoms with Crippen LogP contribution in [0, 0.1) is 11.8 Å². The van der Waals surface area contributed by atoms with Crippen LogP contribution in [-0.2, 0) is 4.79 Å². The zero-order valence-electron chi connectivity index (χ0n) is 11.7. The SMILES string of the molecule is C=C(O)C1NC2C=CC(C(=O)O)=CC=C2C2C=CCCC21. The molecule has 0 amide bonds. The Kier molecular flexibility index (Phi) is 3.55. The summed E-state index contributed by atoms with van der Waals surface area (Å²) in [6.45, 7) is 3.69. The molecular weight excluding hydrogens is 266 g/mol. The minimum absolute atomic E-state index is 0.0731. The van der Waals surface area contributed by atoms with Gasteiger partial charge >= 0.3 is 5.97 Å². The van der Waals surface area contributed by atoms with Crippen molar-refractivity contribution in [1.29, 1.82) is 0 Å². The van der Waals surface area contributed by atoms with E-state index in [-0.39, 0.29) is 35.3 Å². The van der Waals surface area contributed by atoms with Crippen molar-refractivity contribution in [3.63, 3.8) is 0 Å². The summed E-state index contributed by atoms with van der Waals surface area (Å²) in [4.78, 5) is 11.1. The summed E-state index contributed by atoms with van der Waals surface area (Å²) in [6, 6.07) is -0.228. The van der Waals surface area contributed by atoms with Crippen molar-refractivity contribution in [2.24, 2.45) is 11.8 Å². The number of piperidine rings is 1. The summed E-state index contributed by atoms with van der Waals surface area (Å²) >= 11 is 0. The number of nitrogens with one attached hydrogen (secondary N) is 1. The van der Waals surface area contributed by atoms with Crippen LogP contribution in [-0.4, -0.2) is 28.3 Å². The summed E-state index contributed by atoms with van der Waals surface area (Å²) in [5.74, 6) is -0.292. The van der Waals surface area contributed by atoms with E-state index in [1.807, 2.05) is 12.2 Å². The molecular formula is C17H19NO3. The van der Waals surface area contributed by atoms with E-state index in [0.717, 1.165) is 18.4 Å². The average molecular weight is 285 g/mol. The van der Waals surface area contributed by atoms with Gasteiger partial charge < -0.3 is 10.2 Å². The highest BCUT2D eigenvalue weighted by molar-refractivity contribution is 5.90. The standard InChI is InChI=1S/C17H19NO3/c1-10(19)16-14-5-3-2-4-12(14)13-8-6-11(17(20)21)7-9-15(13)18-16/h2,4,6-9,12,14-16,18-19H,1,3,5H2,(H,20,21). The fourth-order valence-corrected chi connectivity index (χ4v) is 3.52. The molecule has 0 radical (unpaired) electrons. The number of allylic oxidation sites excluding steroid dienone is 4. The summed E-state index contributed by atoms with van der Waals surface area (Å²) in [7, 11) is 0. The minimum atomic E-state index is -0.930. The van der Waals surface area contributed by atoms with Crippen molar-refractivity contribution in [3.05, 3.63) is 59.9 Å². The molecule has 110 valence electrons. The molecule has 0 aromatic heterocycles. The predicted octanol–water partition coefficient (Wildman–Crippen LogP) is 2.49. The zero-order chi connectivity index (χ0) is 15.0. The van der Waals surface area contributed by atoms with Crippen LogP contribution in [0.5, 0.6) is 0 Å². The fourth-order valence-electron chi connectivity index (χ4n) is 3.52. The van der Waals surface area contributed by atoms with E-state index in [1.54, 1.807) is 12.2 Å². The molecule has 1 heterocycles. The maximum absolute atomic E-state index is 11.1. The highest BCUT2D eigenvalue weighted by Crippen LogP contribution is 2.40. The second-order valence-corrected chi connectivity index (χ2v) is 5.76. The third-order valence-corrected chi connectivity index (χ3v) is 4.53. The van der Waals surface area contributed by atoms with Gasteiger partial charge in [0.25, 0.3) is 0 Å². The van der Waals surface area contributed by atoms with Gasteiger partial charge in [0.05, 0.1) is 11.6 Å². The van der Waals surface area contributed by atoms with Gasteiger partial charge in [0, 0.05) is 12.0 Å². The predicted molar refractivity (Wildman–Crippen MR) is 80.8 cm³/mol. The van der Waals surface area contributed by atoms with Crippen molar-refractivity contribution < 1.29 is 15.0 Å². The number of carboxylic acid groups (broad SMARTS) is 1. The number of rotatable bonds is 2. The van der Waals surface area contributed by atoms with Crippen molar-refractivity contribution in [2.45, 2.75) is 24.9 Å². The third-order valence-electron chi connectivity index (χ3n) is 4.53. The van der Waals surface area contributed by atoms with E-state index < -0.39 is 5.97 Å². The number of carbonyl (C=O) groups is 1. The first-order valence-corrected chi connectivity index (χ1v) is 7.21. The Labute approximate surface area is 123 Å². The van der Waals surface area contributed by atoms with Gasteiger partial charge in [0.1, 0.15) is 5.76 Å². The molecule has 1 aliphatic heterocycles.